The summed E-state index contributed by atoms with van der Waals surface area (Å²) in [7, 11) is 0. The highest BCUT2D eigenvalue weighted by Gasteiger charge is 2.13. The van der Waals surface area contributed by atoms with E-state index in [1.54, 1.807) is 6.08 Å². The summed E-state index contributed by atoms with van der Waals surface area (Å²) in [5.74, 6) is 0.863. The molecular formula is C19H14O2. The van der Waals surface area contributed by atoms with Crippen LogP contribution in [0, 0.1) is 6.92 Å². The van der Waals surface area contributed by atoms with Crippen LogP contribution in [0.1, 0.15) is 11.3 Å². The van der Waals surface area contributed by atoms with Gasteiger partial charge in [-0.15, -0.1) is 0 Å². The van der Waals surface area contributed by atoms with Gasteiger partial charge in [-0.3, -0.25) is 0 Å². The lowest BCUT2D eigenvalue weighted by Crippen LogP contribution is -1.72. The molecule has 0 saturated heterocycles. The Labute approximate surface area is 122 Å². The summed E-state index contributed by atoms with van der Waals surface area (Å²) in [6, 6.07) is 12.2. The van der Waals surface area contributed by atoms with Gasteiger partial charge in [-0.05, 0) is 25.1 Å². The Balaban J connectivity index is 2.08. The summed E-state index contributed by atoms with van der Waals surface area (Å²) < 4.78 is 11.8. The highest BCUT2D eigenvalue weighted by molar-refractivity contribution is 6.09. The molecule has 21 heavy (non-hydrogen) atoms. The Morgan fingerprint density at radius 2 is 1.71 bits per heavy atom. The quantitative estimate of drug-likeness (QED) is 0.429. The third-order valence-electron chi connectivity index (χ3n) is 3.86. The largest absolute Gasteiger partial charge is 0.456 e. The van der Waals surface area contributed by atoms with E-state index in [1.807, 2.05) is 36.4 Å². The third-order valence-corrected chi connectivity index (χ3v) is 3.86. The van der Waals surface area contributed by atoms with Crippen molar-refractivity contribution >= 4 is 39.0 Å². The molecule has 4 rings (SSSR count). The van der Waals surface area contributed by atoms with Gasteiger partial charge in [0.25, 0.3) is 0 Å². The lowest BCUT2D eigenvalue weighted by Gasteiger charge is -1.91. The molecule has 2 heterocycles. The van der Waals surface area contributed by atoms with E-state index in [4.69, 9.17) is 8.83 Å². The molecule has 2 aromatic heterocycles. The Bertz CT molecular complexity index is 1010. The lowest BCUT2D eigenvalue weighted by molar-refractivity contribution is 0.599. The highest BCUT2D eigenvalue weighted by Crippen LogP contribution is 2.35. The summed E-state index contributed by atoms with van der Waals surface area (Å²) in [4.78, 5) is 0. The fourth-order valence-corrected chi connectivity index (χ4v) is 2.77. The van der Waals surface area contributed by atoms with E-state index in [-0.39, 0.29) is 0 Å². The van der Waals surface area contributed by atoms with Crippen LogP contribution in [0.2, 0.25) is 0 Å². The second kappa shape index (κ2) is 4.38. The van der Waals surface area contributed by atoms with Crippen molar-refractivity contribution in [3.05, 3.63) is 66.5 Å². The van der Waals surface area contributed by atoms with Crippen molar-refractivity contribution in [3.8, 4) is 0 Å². The molecule has 0 amide bonds. The molecule has 102 valence electrons. The van der Waals surface area contributed by atoms with Gasteiger partial charge in [0.1, 0.15) is 22.5 Å². The van der Waals surface area contributed by atoms with Crippen LogP contribution in [0.5, 0.6) is 0 Å². The fraction of sp³-hybridized carbons (Fsp3) is 0.0526. The van der Waals surface area contributed by atoms with Crippen molar-refractivity contribution in [2.24, 2.45) is 0 Å². The summed E-state index contributed by atoms with van der Waals surface area (Å²) in [5.41, 5.74) is 3.75. The van der Waals surface area contributed by atoms with Crippen molar-refractivity contribution < 1.29 is 8.83 Å². The minimum atomic E-state index is 0.850. The van der Waals surface area contributed by atoms with E-state index >= 15 is 0 Å². The van der Waals surface area contributed by atoms with E-state index in [0.29, 0.717) is 0 Å². The standard InChI is InChI=1S/C19H14O2/c1-3-4-8-16-12(2)14-10-15-13-7-5-6-9-17(13)21-19(15)11-18(14)20-16/h3-11H,1H2,2H3/b8-4-. The van der Waals surface area contributed by atoms with E-state index in [9.17, 15) is 0 Å². The van der Waals surface area contributed by atoms with Crippen molar-refractivity contribution in [2.45, 2.75) is 6.92 Å². The fourth-order valence-electron chi connectivity index (χ4n) is 2.77. The molecule has 0 atom stereocenters. The summed E-state index contributed by atoms with van der Waals surface area (Å²) >= 11 is 0. The van der Waals surface area contributed by atoms with Crippen LogP contribution < -0.4 is 0 Å². The predicted octanol–water partition coefficient (Wildman–Crippen LogP) is 5.84. The number of para-hydroxylation sites is 1. The first-order valence-electron chi connectivity index (χ1n) is 6.91. The van der Waals surface area contributed by atoms with Crippen LogP contribution in [0.25, 0.3) is 39.0 Å². The van der Waals surface area contributed by atoms with Crippen molar-refractivity contribution in [1.82, 2.24) is 0 Å². The Kier molecular flexibility index (Phi) is 2.51. The Hall–Kier alpha value is -2.74. The second-order valence-corrected chi connectivity index (χ2v) is 5.13. The van der Waals surface area contributed by atoms with Gasteiger partial charge in [0.2, 0.25) is 0 Å². The maximum atomic E-state index is 5.91. The molecule has 0 N–H and O–H groups in total. The lowest BCUT2D eigenvalue weighted by atomic mass is 10.1. The van der Waals surface area contributed by atoms with Crippen molar-refractivity contribution in [1.29, 1.82) is 0 Å². The maximum Gasteiger partial charge on any atom is 0.139 e. The van der Waals surface area contributed by atoms with Gasteiger partial charge >= 0.3 is 0 Å². The van der Waals surface area contributed by atoms with Crippen LogP contribution in [-0.2, 0) is 0 Å². The topological polar surface area (TPSA) is 26.3 Å². The normalized spacial score (nSPS) is 12.0. The number of rotatable bonds is 2. The SMILES string of the molecule is C=C/C=C\c1oc2cc3oc4ccccc4c3cc2c1C. The van der Waals surface area contributed by atoms with E-state index in [1.165, 1.54) is 0 Å². The summed E-state index contributed by atoms with van der Waals surface area (Å²) in [6.45, 7) is 5.76. The third kappa shape index (κ3) is 1.73. The maximum absolute atomic E-state index is 5.91. The number of hydrogen-bond acceptors (Lipinski definition) is 2. The zero-order valence-corrected chi connectivity index (χ0v) is 11.7. The highest BCUT2D eigenvalue weighted by atomic mass is 16.3. The van der Waals surface area contributed by atoms with Crippen molar-refractivity contribution in [2.75, 3.05) is 0 Å². The summed E-state index contributed by atoms with van der Waals surface area (Å²) in [5, 5.41) is 3.39. The van der Waals surface area contributed by atoms with Gasteiger partial charge < -0.3 is 8.83 Å². The molecule has 0 radical (unpaired) electrons. The van der Waals surface area contributed by atoms with Crippen LogP contribution >= 0.6 is 0 Å². The van der Waals surface area contributed by atoms with Gasteiger partial charge in [0, 0.05) is 27.8 Å². The number of hydrogen-bond donors (Lipinski definition) is 0. The number of allylic oxidation sites excluding steroid dienone is 2. The van der Waals surface area contributed by atoms with Gasteiger partial charge in [-0.1, -0.05) is 36.9 Å². The first-order chi connectivity index (χ1) is 10.3. The molecule has 0 fully saturated rings. The van der Waals surface area contributed by atoms with Crippen LogP contribution in [0.3, 0.4) is 0 Å². The van der Waals surface area contributed by atoms with Crippen molar-refractivity contribution in [3.63, 3.8) is 0 Å². The number of furan rings is 2. The summed E-state index contributed by atoms with van der Waals surface area (Å²) in [6.07, 6.45) is 5.55. The van der Waals surface area contributed by atoms with Gasteiger partial charge in [0.15, 0.2) is 0 Å². The first-order valence-corrected chi connectivity index (χ1v) is 6.91. The second-order valence-electron chi connectivity index (χ2n) is 5.13. The van der Waals surface area contributed by atoms with E-state index in [0.717, 1.165) is 44.2 Å². The minimum absolute atomic E-state index is 0.850. The zero-order chi connectivity index (χ0) is 14.4. The molecule has 2 aromatic carbocycles. The van der Waals surface area contributed by atoms with Crippen LogP contribution in [0.15, 0.2) is 64.0 Å². The minimum Gasteiger partial charge on any atom is -0.456 e. The molecule has 2 heteroatoms. The van der Waals surface area contributed by atoms with Gasteiger partial charge in [0.05, 0.1) is 0 Å². The van der Waals surface area contributed by atoms with Gasteiger partial charge in [-0.2, -0.15) is 0 Å². The Morgan fingerprint density at radius 3 is 2.57 bits per heavy atom. The molecule has 0 aliphatic heterocycles. The predicted molar refractivity (Wildman–Crippen MR) is 87.5 cm³/mol. The number of fused-ring (bicyclic) bond motifs is 4. The van der Waals surface area contributed by atoms with E-state index < -0.39 is 0 Å². The molecule has 2 nitrogen and oxygen atoms in total. The zero-order valence-electron chi connectivity index (χ0n) is 11.7. The molecule has 0 bridgehead atoms. The van der Waals surface area contributed by atoms with E-state index in [2.05, 4.69) is 25.6 Å². The molecule has 0 unspecified atom stereocenters. The molecule has 0 aliphatic carbocycles. The molecule has 0 saturated carbocycles. The monoisotopic (exact) mass is 274 g/mol. The molecular weight excluding hydrogens is 260 g/mol. The van der Waals surface area contributed by atoms with Crippen LogP contribution in [0.4, 0.5) is 0 Å². The smallest absolute Gasteiger partial charge is 0.139 e. The van der Waals surface area contributed by atoms with Crippen LogP contribution in [-0.4, -0.2) is 0 Å². The number of benzene rings is 2. The number of aryl methyl sites for hydroxylation is 1. The first kappa shape index (κ1) is 12.0. The molecule has 4 aromatic rings. The molecule has 0 aliphatic rings. The van der Waals surface area contributed by atoms with Gasteiger partial charge in [-0.25, -0.2) is 0 Å². The average molecular weight is 274 g/mol. The molecule has 0 spiro atoms. The average Bonchev–Trinajstić information content (AvgIpc) is 3.01. The Morgan fingerprint density at radius 1 is 0.905 bits per heavy atom.